The second-order valence-corrected chi connectivity index (χ2v) is 7.01. The Morgan fingerprint density at radius 2 is 2.00 bits per heavy atom. The van der Waals surface area contributed by atoms with Crippen molar-refractivity contribution >= 4 is 27.9 Å². The number of ether oxygens (including phenoxy) is 2. The van der Waals surface area contributed by atoms with E-state index in [0.29, 0.717) is 0 Å². The fourth-order valence-corrected chi connectivity index (χ4v) is 3.74. The van der Waals surface area contributed by atoms with Gasteiger partial charge in [0.2, 0.25) is 5.91 Å². The van der Waals surface area contributed by atoms with Gasteiger partial charge in [0.15, 0.2) is 0 Å². The van der Waals surface area contributed by atoms with Gasteiger partial charge in [0.05, 0.1) is 20.3 Å². The lowest BCUT2D eigenvalue weighted by Crippen LogP contribution is -2.29. The maximum Gasteiger partial charge on any atom is 0.247 e. The van der Waals surface area contributed by atoms with Crippen molar-refractivity contribution in [2.45, 2.75) is 18.9 Å². The van der Waals surface area contributed by atoms with Crippen molar-refractivity contribution in [3.63, 3.8) is 0 Å². The summed E-state index contributed by atoms with van der Waals surface area (Å²) in [4.78, 5) is 14.7. The van der Waals surface area contributed by atoms with Crippen LogP contribution >= 0.6 is 15.9 Å². The van der Waals surface area contributed by atoms with Crippen molar-refractivity contribution in [3.05, 3.63) is 64.1 Å². The summed E-state index contributed by atoms with van der Waals surface area (Å²) in [6.45, 7) is 0.740. The van der Waals surface area contributed by atoms with Gasteiger partial charge in [0, 0.05) is 22.7 Å². The number of halogens is 1. The molecular formula is C21H22BrNO3. The van der Waals surface area contributed by atoms with Crippen LogP contribution in [0.5, 0.6) is 11.5 Å². The summed E-state index contributed by atoms with van der Waals surface area (Å²) in [5.41, 5.74) is 1.97. The molecule has 0 spiro atoms. The summed E-state index contributed by atoms with van der Waals surface area (Å²) in [5.74, 6) is 1.56. The number of carbonyl (C=O) groups is 1. The molecule has 5 heteroatoms. The van der Waals surface area contributed by atoms with E-state index < -0.39 is 0 Å². The minimum atomic E-state index is -0.00332. The van der Waals surface area contributed by atoms with E-state index in [2.05, 4.69) is 15.9 Å². The van der Waals surface area contributed by atoms with Gasteiger partial charge in [0.25, 0.3) is 0 Å². The lowest BCUT2D eigenvalue weighted by molar-refractivity contribution is -0.126. The van der Waals surface area contributed by atoms with Crippen LogP contribution in [0.3, 0.4) is 0 Å². The van der Waals surface area contributed by atoms with Crippen molar-refractivity contribution in [1.82, 2.24) is 4.90 Å². The second-order valence-electron chi connectivity index (χ2n) is 6.15. The van der Waals surface area contributed by atoms with Crippen molar-refractivity contribution < 1.29 is 14.3 Å². The Morgan fingerprint density at radius 3 is 2.73 bits per heavy atom. The van der Waals surface area contributed by atoms with Crippen LogP contribution in [0.4, 0.5) is 0 Å². The summed E-state index contributed by atoms with van der Waals surface area (Å²) in [6.07, 6.45) is 5.38. The van der Waals surface area contributed by atoms with Crippen molar-refractivity contribution in [2.24, 2.45) is 0 Å². The van der Waals surface area contributed by atoms with E-state index in [4.69, 9.17) is 9.47 Å². The molecule has 1 aliphatic heterocycles. The minimum absolute atomic E-state index is 0.00332. The van der Waals surface area contributed by atoms with Gasteiger partial charge in [-0.3, -0.25) is 4.79 Å². The van der Waals surface area contributed by atoms with Gasteiger partial charge in [-0.05, 0) is 48.7 Å². The molecule has 1 saturated heterocycles. The number of carbonyl (C=O) groups excluding carboxylic acids is 1. The van der Waals surface area contributed by atoms with Crippen LogP contribution < -0.4 is 9.47 Å². The highest BCUT2D eigenvalue weighted by atomic mass is 79.9. The lowest BCUT2D eigenvalue weighted by atomic mass is 10.0. The van der Waals surface area contributed by atoms with Crippen LogP contribution in [-0.2, 0) is 4.79 Å². The fourth-order valence-electron chi connectivity index (χ4n) is 3.32. The molecule has 1 heterocycles. The van der Waals surface area contributed by atoms with Crippen molar-refractivity contribution in [3.8, 4) is 11.5 Å². The molecule has 4 nitrogen and oxygen atoms in total. The van der Waals surface area contributed by atoms with E-state index in [9.17, 15) is 4.79 Å². The van der Waals surface area contributed by atoms with E-state index in [-0.39, 0.29) is 11.9 Å². The molecule has 0 aromatic heterocycles. The molecule has 0 radical (unpaired) electrons. The normalized spacial score (nSPS) is 16.9. The van der Waals surface area contributed by atoms with E-state index in [1.54, 1.807) is 20.3 Å². The van der Waals surface area contributed by atoms with Gasteiger partial charge in [-0.25, -0.2) is 0 Å². The minimum Gasteiger partial charge on any atom is -0.497 e. The molecule has 136 valence electrons. The molecular weight excluding hydrogens is 394 g/mol. The summed E-state index contributed by atoms with van der Waals surface area (Å²) in [7, 11) is 3.29. The summed E-state index contributed by atoms with van der Waals surface area (Å²) < 4.78 is 11.8. The smallest absolute Gasteiger partial charge is 0.247 e. The summed E-state index contributed by atoms with van der Waals surface area (Å²) in [5, 5.41) is 0. The maximum atomic E-state index is 12.8. The van der Waals surface area contributed by atoms with Crippen LogP contribution in [0.25, 0.3) is 6.08 Å². The maximum absolute atomic E-state index is 12.8. The molecule has 0 aliphatic carbocycles. The first kappa shape index (κ1) is 18.5. The largest absolute Gasteiger partial charge is 0.497 e. The number of likely N-dealkylation sites (tertiary alicyclic amines) is 1. The highest BCUT2D eigenvalue weighted by Crippen LogP contribution is 2.39. The number of benzene rings is 2. The van der Waals surface area contributed by atoms with E-state index in [1.807, 2.05) is 53.4 Å². The van der Waals surface area contributed by atoms with E-state index in [1.165, 1.54) is 0 Å². The zero-order valence-corrected chi connectivity index (χ0v) is 16.5. The first-order valence-electron chi connectivity index (χ1n) is 8.59. The van der Waals surface area contributed by atoms with Gasteiger partial charge in [0.1, 0.15) is 11.5 Å². The average Bonchev–Trinajstić information content (AvgIpc) is 3.16. The molecule has 0 unspecified atom stereocenters. The molecule has 0 saturated carbocycles. The topological polar surface area (TPSA) is 38.8 Å². The lowest BCUT2D eigenvalue weighted by Gasteiger charge is -2.25. The quantitative estimate of drug-likeness (QED) is 0.655. The number of hydrogen-bond donors (Lipinski definition) is 0. The monoisotopic (exact) mass is 415 g/mol. The molecule has 0 bridgehead atoms. The predicted molar refractivity (Wildman–Crippen MR) is 106 cm³/mol. The Labute approximate surface area is 162 Å². The first-order valence-corrected chi connectivity index (χ1v) is 9.38. The Bertz CT molecular complexity index is 819. The molecule has 26 heavy (non-hydrogen) atoms. The molecule has 1 atom stereocenters. The fraction of sp³-hybridized carbons (Fsp3) is 0.286. The van der Waals surface area contributed by atoms with Crippen LogP contribution in [0.2, 0.25) is 0 Å². The Hall–Kier alpha value is -2.27. The highest BCUT2D eigenvalue weighted by molar-refractivity contribution is 9.10. The summed E-state index contributed by atoms with van der Waals surface area (Å²) in [6, 6.07) is 13.6. The van der Waals surface area contributed by atoms with Gasteiger partial charge in [-0.15, -0.1) is 0 Å². The molecule has 1 aliphatic rings. The Morgan fingerprint density at radius 1 is 1.19 bits per heavy atom. The van der Waals surface area contributed by atoms with Crippen LogP contribution in [0, 0.1) is 0 Å². The zero-order chi connectivity index (χ0) is 18.5. The van der Waals surface area contributed by atoms with Crippen LogP contribution in [0.15, 0.2) is 53.0 Å². The van der Waals surface area contributed by atoms with Crippen molar-refractivity contribution in [1.29, 1.82) is 0 Å². The molecule has 0 N–H and O–H groups in total. The molecule has 2 aromatic carbocycles. The van der Waals surface area contributed by atoms with Gasteiger partial charge >= 0.3 is 0 Å². The predicted octanol–water partition coefficient (Wildman–Crippen LogP) is 4.84. The first-order chi connectivity index (χ1) is 12.6. The van der Waals surface area contributed by atoms with E-state index >= 15 is 0 Å². The third-order valence-corrected chi connectivity index (χ3v) is 5.36. The molecule has 2 aromatic rings. The van der Waals surface area contributed by atoms with E-state index in [0.717, 1.165) is 46.5 Å². The molecule has 1 amide bonds. The zero-order valence-electron chi connectivity index (χ0n) is 14.9. The number of rotatable bonds is 5. The number of nitrogens with zero attached hydrogens (tertiary/aromatic N) is 1. The second kappa shape index (κ2) is 8.41. The third kappa shape index (κ3) is 3.93. The standard InChI is InChI=1S/C21H22BrNO3/c1-25-16-10-11-20(26-2)17(14-16)19-8-5-13-23(19)21(24)12-9-15-6-3-4-7-18(15)22/h3-4,6-7,9-12,14,19H,5,8,13H2,1-2H3/b12-9+/t19-/m1/s1. The Kier molecular flexibility index (Phi) is 5.99. The molecule has 3 rings (SSSR count). The number of methoxy groups -OCH3 is 2. The molecule has 1 fully saturated rings. The SMILES string of the molecule is COc1ccc(OC)c([C@H]2CCCN2C(=O)/C=C/c2ccccc2Br)c1. The van der Waals surface area contributed by atoms with Gasteiger partial charge in [-0.1, -0.05) is 34.1 Å². The van der Waals surface area contributed by atoms with Crippen molar-refractivity contribution in [2.75, 3.05) is 20.8 Å². The Balaban J connectivity index is 1.84. The number of hydrogen-bond acceptors (Lipinski definition) is 3. The third-order valence-electron chi connectivity index (χ3n) is 4.64. The van der Waals surface area contributed by atoms with Crippen LogP contribution in [-0.4, -0.2) is 31.6 Å². The number of amides is 1. The average molecular weight is 416 g/mol. The van der Waals surface area contributed by atoms with Crippen LogP contribution in [0.1, 0.15) is 30.0 Å². The summed E-state index contributed by atoms with van der Waals surface area (Å²) >= 11 is 3.51. The highest BCUT2D eigenvalue weighted by Gasteiger charge is 2.31. The van der Waals surface area contributed by atoms with Gasteiger partial charge < -0.3 is 14.4 Å². The van der Waals surface area contributed by atoms with Gasteiger partial charge in [-0.2, -0.15) is 0 Å².